The molecule has 168 valence electrons. The lowest BCUT2D eigenvalue weighted by Gasteiger charge is -2.31. The van der Waals surface area contributed by atoms with Gasteiger partial charge in [-0.05, 0) is 55.9 Å². The highest BCUT2D eigenvalue weighted by Crippen LogP contribution is 2.27. The van der Waals surface area contributed by atoms with Crippen LogP contribution >= 0.6 is 0 Å². The smallest absolute Gasteiger partial charge is 0.272 e. The minimum Gasteiger partial charge on any atom is -0.467 e. The van der Waals surface area contributed by atoms with E-state index in [2.05, 4.69) is 39.8 Å². The fraction of sp³-hybridized carbons (Fsp3) is 0.400. The third-order valence-corrected chi connectivity index (χ3v) is 6.07. The number of piperidine rings is 1. The molecule has 1 aliphatic rings. The molecule has 0 bridgehead atoms. The van der Waals surface area contributed by atoms with Crippen LogP contribution in [0.5, 0.6) is 0 Å². The fourth-order valence-corrected chi connectivity index (χ4v) is 4.18. The van der Waals surface area contributed by atoms with Gasteiger partial charge in [0.1, 0.15) is 11.5 Å². The number of hydrogen-bond acceptors (Lipinski definition) is 4. The van der Waals surface area contributed by atoms with Gasteiger partial charge in [-0.25, -0.2) is 0 Å². The van der Waals surface area contributed by atoms with Crippen LogP contribution in [0, 0.1) is 0 Å². The second-order valence-electron chi connectivity index (χ2n) is 8.32. The molecule has 0 spiro atoms. The number of unbranched alkanes of at least 4 members (excludes halogenated alkanes) is 1. The van der Waals surface area contributed by atoms with Crippen molar-refractivity contribution >= 4 is 11.8 Å². The molecule has 2 aromatic heterocycles. The fourth-order valence-electron chi connectivity index (χ4n) is 4.18. The van der Waals surface area contributed by atoms with E-state index in [1.807, 2.05) is 23.1 Å². The van der Waals surface area contributed by atoms with Crippen LogP contribution in [0.4, 0.5) is 0 Å². The Morgan fingerprint density at radius 1 is 1.09 bits per heavy atom. The Labute approximate surface area is 188 Å². The lowest BCUT2D eigenvalue weighted by Crippen LogP contribution is -2.37. The molecule has 0 saturated carbocycles. The van der Waals surface area contributed by atoms with Crippen LogP contribution < -0.4 is 5.32 Å². The highest BCUT2D eigenvalue weighted by molar-refractivity contribution is 5.92. The molecule has 3 heterocycles. The molecule has 1 saturated heterocycles. The highest BCUT2D eigenvalue weighted by Gasteiger charge is 2.25. The minimum atomic E-state index is -0.230. The highest BCUT2D eigenvalue weighted by atomic mass is 16.3. The number of carbonyl (C=O) groups excluding carboxylic acids is 2. The van der Waals surface area contributed by atoms with E-state index >= 15 is 0 Å². The molecule has 7 heteroatoms. The summed E-state index contributed by atoms with van der Waals surface area (Å²) in [5, 5.41) is 9.99. The molecule has 0 unspecified atom stereocenters. The first-order chi connectivity index (χ1) is 15.7. The Morgan fingerprint density at radius 2 is 1.91 bits per heavy atom. The quantitative estimate of drug-likeness (QED) is 0.497. The molecule has 3 aromatic rings. The number of aromatic amines is 1. The monoisotopic (exact) mass is 434 g/mol. The molecule has 1 aromatic carbocycles. The van der Waals surface area contributed by atoms with Gasteiger partial charge in [0, 0.05) is 31.1 Å². The van der Waals surface area contributed by atoms with E-state index in [0.29, 0.717) is 24.4 Å². The summed E-state index contributed by atoms with van der Waals surface area (Å²) in [4.78, 5) is 26.8. The van der Waals surface area contributed by atoms with Gasteiger partial charge < -0.3 is 14.6 Å². The maximum absolute atomic E-state index is 12.6. The number of aromatic nitrogens is 2. The van der Waals surface area contributed by atoms with Crippen LogP contribution in [0.3, 0.4) is 0 Å². The number of furan rings is 1. The summed E-state index contributed by atoms with van der Waals surface area (Å²) >= 11 is 0. The average molecular weight is 435 g/mol. The Bertz CT molecular complexity index is 989. The average Bonchev–Trinajstić information content (AvgIpc) is 3.54. The normalized spacial score (nSPS) is 14.4. The molecule has 1 fully saturated rings. The zero-order valence-corrected chi connectivity index (χ0v) is 18.3. The Balaban J connectivity index is 1.17. The van der Waals surface area contributed by atoms with Gasteiger partial charge in [0.2, 0.25) is 5.91 Å². The van der Waals surface area contributed by atoms with Crippen LogP contribution in [-0.2, 0) is 17.8 Å². The molecular formula is C25H30N4O3. The molecule has 4 rings (SSSR count). The Hall–Kier alpha value is -3.35. The predicted molar refractivity (Wildman–Crippen MR) is 121 cm³/mol. The summed E-state index contributed by atoms with van der Waals surface area (Å²) in [6.07, 6.45) is 6.93. The number of benzene rings is 1. The summed E-state index contributed by atoms with van der Waals surface area (Å²) < 4.78 is 5.23. The number of nitrogens with one attached hydrogen (secondary N) is 2. The van der Waals surface area contributed by atoms with Gasteiger partial charge in [0.15, 0.2) is 0 Å². The number of hydrogen-bond donors (Lipinski definition) is 2. The Morgan fingerprint density at radius 3 is 2.66 bits per heavy atom. The maximum atomic E-state index is 12.6. The number of nitrogens with zero attached hydrogens (tertiary/aromatic N) is 2. The van der Waals surface area contributed by atoms with E-state index in [1.165, 1.54) is 5.56 Å². The molecule has 32 heavy (non-hydrogen) atoms. The summed E-state index contributed by atoms with van der Waals surface area (Å²) in [5.74, 6) is 1.01. The van der Waals surface area contributed by atoms with Crippen molar-refractivity contribution in [1.29, 1.82) is 0 Å². The van der Waals surface area contributed by atoms with Gasteiger partial charge in [-0.3, -0.25) is 14.7 Å². The van der Waals surface area contributed by atoms with Gasteiger partial charge in [0.05, 0.1) is 12.8 Å². The summed E-state index contributed by atoms with van der Waals surface area (Å²) in [6.45, 7) is 1.84. The molecule has 7 nitrogen and oxygen atoms in total. The number of likely N-dealkylation sites (tertiary alicyclic amines) is 1. The van der Waals surface area contributed by atoms with Crippen molar-refractivity contribution in [3.63, 3.8) is 0 Å². The molecule has 1 aliphatic heterocycles. The third-order valence-electron chi connectivity index (χ3n) is 6.07. The lowest BCUT2D eigenvalue weighted by molar-refractivity contribution is -0.132. The molecule has 2 amide bonds. The molecule has 0 aliphatic carbocycles. The van der Waals surface area contributed by atoms with Crippen molar-refractivity contribution in [2.75, 3.05) is 13.1 Å². The van der Waals surface area contributed by atoms with Crippen molar-refractivity contribution in [2.45, 2.75) is 51.0 Å². The summed E-state index contributed by atoms with van der Waals surface area (Å²) in [7, 11) is 0. The van der Waals surface area contributed by atoms with E-state index in [0.717, 1.165) is 50.9 Å². The lowest BCUT2D eigenvalue weighted by atomic mass is 9.93. The van der Waals surface area contributed by atoms with Crippen molar-refractivity contribution < 1.29 is 14.0 Å². The number of amides is 2. The van der Waals surface area contributed by atoms with Crippen LogP contribution in [0.1, 0.15) is 65.5 Å². The first-order valence-corrected chi connectivity index (χ1v) is 11.4. The van der Waals surface area contributed by atoms with Gasteiger partial charge in [0.25, 0.3) is 5.91 Å². The van der Waals surface area contributed by atoms with Crippen LogP contribution in [0.15, 0.2) is 59.2 Å². The molecule has 0 radical (unpaired) electrons. The third kappa shape index (κ3) is 5.87. The standard InChI is InChI=1S/C25H30N4O3/c30-24(11-5-4-9-19-7-2-1-3-8-19)29-14-12-20(13-15-29)22-17-23(28-27-22)25(31)26-18-21-10-6-16-32-21/h1-3,6-8,10,16-17,20H,4-5,9,11-15,18H2,(H,26,31)(H,27,28). The second kappa shape index (κ2) is 10.8. The largest absolute Gasteiger partial charge is 0.467 e. The van der Waals surface area contributed by atoms with Crippen molar-refractivity contribution in [1.82, 2.24) is 20.4 Å². The van der Waals surface area contributed by atoms with Gasteiger partial charge in [-0.1, -0.05) is 30.3 Å². The number of rotatable bonds is 9. The molecular weight excluding hydrogens is 404 g/mol. The number of carbonyl (C=O) groups is 2. The first kappa shape index (κ1) is 21.9. The van der Waals surface area contributed by atoms with Gasteiger partial charge in [-0.2, -0.15) is 5.10 Å². The van der Waals surface area contributed by atoms with E-state index < -0.39 is 0 Å². The number of H-pyrrole nitrogens is 1. The van der Waals surface area contributed by atoms with Crippen LogP contribution in [0.2, 0.25) is 0 Å². The second-order valence-corrected chi connectivity index (χ2v) is 8.32. The van der Waals surface area contributed by atoms with Crippen molar-refractivity contribution in [3.8, 4) is 0 Å². The zero-order chi connectivity index (χ0) is 22.2. The molecule has 2 N–H and O–H groups in total. The topological polar surface area (TPSA) is 91.2 Å². The summed E-state index contributed by atoms with van der Waals surface area (Å²) in [5.41, 5.74) is 2.67. The minimum absolute atomic E-state index is 0.230. The Kier molecular flexibility index (Phi) is 7.38. The van der Waals surface area contributed by atoms with Crippen LogP contribution in [-0.4, -0.2) is 40.0 Å². The van der Waals surface area contributed by atoms with E-state index in [-0.39, 0.29) is 17.7 Å². The van der Waals surface area contributed by atoms with Crippen molar-refractivity contribution in [3.05, 3.63) is 77.5 Å². The SMILES string of the molecule is O=C(NCc1ccco1)c1cc(C2CCN(C(=O)CCCCc3ccccc3)CC2)[nH]n1. The van der Waals surface area contributed by atoms with Gasteiger partial charge in [-0.15, -0.1) is 0 Å². The first-order valence-electron chi connectivity index (χ1n) is 11.4. The number of aryl methyl sites for hydroxylation is 1. The maximum Gasteiger partial charge on any atom is 0.272 e. The zero-order valence-electron chi connectivity index (χ0n) is 18.3. The predicted octanol–water partition coefficient (Wildman–Crippen LogP) is 4.05. The molecule has 0 atom stereocenters. The summed E-state index contributed by atoms with van der Waals surface area (Å²) in [6, 6.07) is 15.8. The van der Waals surface area contributed by atoms with E-state index in [1.54, 1.807) is 12.3 Å². The van der Waals surface area contributed by atoms with Gasteiger partial charge >= 0.3 is 0 Å². The van der Waals surface area contributed by atoms with Crippen molar-refractivity contribution in [2.24, 2.45) is 0 Å². The van der Waals surface area contributed by atoms with Crippen LogP contribution in [0.25, 0.3) is 0 Å². The van der Waals surface area contributed by atoms with E-state index in [9.17, 15) is 9.59 Å². The van der Waals surface area contributed by atoms with E-state index in [4.69, 9.17) is 4.42 Å².